The molecule has 3 aliphatic carbocycles. The summed E-state index contributed by atoms with van der Waals surface area (Å²) < 4.78 is 5.20. The third-order valence-electron chi connectivity index (χ3n) is 10.3. The van der Waals surface area contributed by atoms with Crippen molar-refractivity contribution in [2.75, 3.05) is 58.6 Å². The van der Waals surface area contributed by atoms with Gasteiger partial charge in [-0.1, -0.05) is 12.1 Å². The molecule has 260 valence electrons. The van der Waals surface area contributed by atoms with E-state index in [4.69, 9.17) is 10.5 Å². The number of phenolic OH excluding ortho intramolecular Hbond substituents is 1. The average molecular weight is 676 g/mol. The lowest BCUT2D eigenvalue weighted by molar-refractivity contribution is -0.148. The zero-order valence-electron chi connectivity index (χ0n) is 28.0. The Labute approximate surface area is 283 Å². The van der Waals surface area contributed by atoms with Gasteiger partial charge in [0.15, 0.2) is 17.1 Å². The van der Waals surface area contributed by atoms with Gasteiger partial charge in [-0.05, 0) is 62.2 Å². The van der Waals surface area contributed by atoms with Gasteiger partial charge < -0.3 is 41.1 Å². The Morgan fingerprint density at radius 2 is 1.73 bits per heavy atom. The fraction of sp³-hybridized carbons (Fsp3) is 0.429. The van der Waals surface area contributed by atoms with Gasteiger partial charge >= 0.3 is 0 Å². The number of amides is 2. The third kappa shape index (κ3) is 5.30. The smallest absolute Gasteiger partial charge is 0.255 e. The van der Waals surface area contributed by atoms with Gasteiger partial charge in [-0.2, -0.15) is 0 Å². The van der Waals surface area contributed by atoms with Crippen molar-refractivity contribution < 1.29 is 44.3 Å². The molecule has 1 saturated heterocycles. The van der Waals surface area contributed by atoms with Crippen molar-refractivity contribution in [2.45, 2.75) is 31.0 Å². The molecule has 6 rings (SSSR count). The molecule has 2 amide bonds. The molecule has 2 aromatic rings. The highest BCUT2D eigenvalue weighted by molar-refractivity contribution is 6.25. The quantitative estimate of drug-likeness (QED) is 0.173. The summed E-state index contributed by atoms with van der Waals surface area (Å²) in [7, 11) is 8.26. The largest absolute Gasteiger partial charge is 0.510 e. The number of fused-ring (bicyclic) bond motifs is 3. The van der Waals surface area contributed by atoms with Crippen LogP contribution in [0.5, 0.6) is 11.5 Å². The van der Waals surface area contributed by atoms with E-state index in [0.717, 1.165) is 11.3 Å². The van der Waals surface area contributed by atoms with Gasteiger partial charge in [0, 0.05) is 50.9 Å². The minimum atomic E-state index is -2.74. The molecule has 14 heteroatoms. The summed E-state index contributed by atoms with van der Waals surface area (Å²) in [5, 5.41) is 48.7. The van der Waals surface area contributed by atoms with Gasteiger partial charge in [0.25, 0.3) is 5.91 Å². The number of likely N-dealkylation sites (N-methyl/N-ethyl adjacent to an activating group) is 1. The van der Waals surface area contributed by atoms with Crippen molar-refractivity contribution in [1.29, 1.82) is 0 Å². The molecular formula is C35H41N5O9. The lowest BCUT2D eigenvalue weighted by Gasteiger charge is -2.50. The van der Waals surface area contributed by atoms with E-state index in [-0.39, 0.29) is 41.5 Å². The normalized spacial score (nSPS) is 25.4. The van der Waals surface area contributed by atoms with Crippen molar-refractivity contribution >= 4 is 34.8 Å². The number of nitrogens with two attached hydrogens (primary N) is 1. The van der Waals surface area contributed by atoms with Crippen molar-refractivity contribution in [2.24, 2.45) is 23.5 Å². The van der Waals surface area contributed by atoms with E-state index in [2.05, 4.69) is 10.2 Å². The van der Waals surface area contributed by atoms with Gasteiger partial charge in [0.05, 0.1) is 30.3 Å². The number of nitrogens with one attached hydrogen (secondary N) is 1. The zero-order valence-corrected chi connectivity index (χ0v) is 28.0. The Morgan fingerprint density at radius 1 is 1.08 bits per heavy atom. The highest BCUT2D eigenvalue weighted by Gasteiger charge is 2.63. The molecular weight excluding hydrogens is 634 g/mol. The van der Waals surface area contributed by atoms with Crippen LogP contribution in [0.2, 0.25) is 0 Å². The molecule has 7 N–H and O–H groups in total. The van der Waals surface area contributed by atoms with E-state index < -0.39 is 63.8 Å². The molecule has 14 nitrogen and oxygen atoms in total. The number of hydrogen-bond donors (Lipinski definition) is 6. The number of carbonyl (C=O) groups excluding carboxylic acids is 4. The molecule has 0 spiro atoms. The van der Waals surface area contributed by atoms with Crippen LogP contribution in [0.3, 0.4) is 0 Å². The number of allylic oxidation sites excluding steroid dienone is 1. The lowest BCUT2D eigenvalue weighted by Crippen LogP contribution is -2.63. The summed E-state index contributed by atoms with van der Waals surface area (Å²) >= 11 is 0. The number of phenols is 1. The fourth-order valence-corrected chi connectivity index (χ4v) is 7.88. The standard InChI is InChI=1S/C35H41N5O9/c1-38(2)23-12-22(37-34(47)18-14-40(15-18)13-16-6-8-19(49-5)9-7-16)28(41)25-20(23)10-17-11-21-27(39(3)4)30(43)26(33(36)46)32(45)35(21,48)31(44)24(17)29(25)42/h6-9,12,17-18,21,27,41,43-44,48H,10-11,13-15H2,1-5H3,(H2,36,46)(H,37,47)/t17?,21-,27-,35-/m0/s1. The third-order valence-corrected chi connectivity index (χ3v) is 10.3. The topological polar surface area (TPSA) is 206 Å². The summed E-state index contributed by atoms with van der Waals surface area (Å²) in [6.45, 7) is 1.63. The number of likely N-dealkylation sites (tertiary alicyclic amines) is 1. The second-order valence-electron chi connectivity index (χ2n) is 13.7. The van der Waals surface area contributed by atoms with Gasteiger partial charge in [0.1, 0.15) is 22.8 Å². The number of anilines is 2. The zero-order chi connectivity index (χ0) is 35.7. The molecule has 4 atom stereocenters. The number of carbonyl (C=O) groups is 4. The van der Waals surface area contributed by atoms with Gasteiger partial charge in [-0.3, -0.25) is 29.0 Å². The summed E-state index contributed by atoms with van der Waals surface area (Å²) in [6.07, 6.45) is 0.110. The Morgan fingerprint density at radius 3 is 2.31 bits per heavy atom. The van der Waals surface area contributed by atoms with Crippen LogP contribution in [-0.4, -0.2) is 114 Å². The van der Waals surface area contributed by atoms with E-state index in [0.29, 0.717) is 30.9 Å². The van der Waals surface area contributed by atoms with Crippen molar-refractivity contribution in [1.82, 2.24) is 9.80 Å². The van der Waals surface area contributed by atoms with Crippen molar-refractivity contribution in [3.8, 4) is 11.5 Å². The molecule has 1 fully saturated rings. The number of primary amides is 1. The molecule has 0 saturated carbocycles. The van der Waals surface area contributed by atoms with Crippen molar-refractivity contribution in [3.63, 3.8) is 0 Å². The number of Topliss-reactive ketones (excluding diaryl/α,β-unsaturated/α-hetero) is 2. The van der Waals surface area contributed by atoms with E-state index in [1.54, 1.807) is 46.3 Å². The Kier molecular flexibility index (Phi) is 8.45. The number of rotatable bonds is 8. The Hall–Kier alpha value is -4.92. The van der Waals surface area contributed by atoms with Gasteiger partial charge in [0.2, 0.25) is 11.7 Å². The Balaban J connectivity index is 1.31. The predicted molar refractivity (Wildman–Crippen MR) is 178 cm³/mol. The first-order valence-electron chi connectivity index (χ1n) is 16.0. The van der Waals surface area contributed by atoms with E-state index in [1.165, 1.54) is 4.90 Å². The average Bonchev–Trinajstić information content (AvgIpc) is 3.01. The second kappa shape index (κ2) is 12.2. The number of hydrogen-bond acceptors (Lipinski definition) is 12. The number of nitrogens with zero attached hydrogens (tertiary/aromatic N) is 3. The molecule has 1 heterocycles. The molecule has 1 unspecified atom stereocenters. The van der Waals surface area contributed by atoms with Crippen LogP contribution >= 0.6 is 0 Å². The van der Waals surface area contributed by atoms with Crippen LogP contribution in [0.15, 0.2) is 53.0 Å². The molecule has 1 aliphatic heterocycles. The molecule has 4 aliphatic rings. The minimum absolute atomic E-state index is 0.00521. The number of benzene rings is 2. The second-order valence-corrected chi connectivity index (χ2v) is 13.7. The summed E-state index contributed by atoms with van der Waals surface area (Å²) in [6, 6.07) is 8.19. The van der Waals surface area contributed by atoms with Gasteiger partial charge in [-0.15, -0.1) is 0 Å². The number of aliphatic hydroxyl groups excluding tert-OH is 2. The van der Waals surface area contributed by atoms with E-state index >= 15 is 0 Å². The fourth-order valence-electron chi connectivity index (χ4n) is 7.88. The number of aliphatic hydroxyl groups is 3. The van der Waals surface area contributed by atoms with E-state index in [1.807, 2.05) is 24.3 Å². The predicted octanol–water partition coefficient (Wildman–Crippen LogP) is 1.27. The summed E-state index contributed by atoms with van der Waals surface area (Å²) in [4.78, 5) is 58.8. The van der Waals surface area contributed by atoms with Crippen LogP contribution in [-0.2, 0) is 27.3 Å². The SMILES string of the molecule is COc1ccc(CN2CC(C(=O)Nc3cc(N(C)C)c4c(c3O)C(=O)C3=C(O)[C@]5(O)C(=O)C(C(N)=O)=C(O)[C@@H](N(C)C)[C@@H]5CC3C4)C2)cc1. The number of aromatic hydroxyl groups is 1. The minimum Gasteiger partial charge on any atom is -0.510 e. The first-order chi connectivity index (χ1) is 23.1. The maximum absolute atomic E-state index is 14.3. The van der Waals surface area contributed by atoms with E-state index in [9.17, 15) is 39.6 Å². The molecule has 0 radical (unpaired) electrons. The monoisotopic (exact) mass is 675 g/mol. The number of ketones is 2. The highest BCUT2D eigenvalue weighted by atomic mass is 16.5. The van der Waals surface area contributed by atoms with Crippen LogP contribution < -0.4 is 20.7 Å². The molecule has 49 heavy (non-hydrogen) atoms. The highest BCUT2D eigenvalue weighted by Crippen LogP contribution is 2.54. The number of ether oxygens (including phenoxy) is 1. The lowest BCUT2D eigenvalue weighted by atomic mass is 9.58. The Bertz CT molecular complexity index is 1830. The van der Waals surface area contributed by atoms with Crippen LogP contribution in [0, 0.1) is 17.8 Å². The molecule has 2 aromatic carbocycles. The van der Waals surface area contributed by atoms with Crippen molar-refractivity contribution in [3.05, 3.63) is 69.7 Å². The summed E-state index contributed by atoms with van der Waals surface area (Å²) in [5.74, 6) is -7.27. The van der Waals surface area contributed by atoms with Gasteiger partial charge in [-0.25, -0.2) is 0 Å². The summed E-state index contributed by atoms with van der Waals surface area (Å²) in [5.41, 5.74) is 3.47. The number of methoxy groups -OCH3 is 1. The maximum Gasteiger partial charge on any atom is 0.255 e. The molecule has 0 aromatic heterocycles. The van der Waals surface area contributed by atoms with Crippen LogP contribution in [0.4, 0.5) is 11.4 Å². The maximum atomic E-state index is 14.3. The van der Waals surface area contributed by atoms with Crippen LogP contribution in [0.1, 0.15) is 27.9 Å². The molecule has 0 bridgehead atoms. The first-order valence-corrected chi connectivity index (χ1v) is 16.0. The first kappa shape index (κ1) is 34.0. The van der Waals surface area contributed by atoms with Crippen LogP contribution in [0.25, 0.3) is 0 Å².